The van der Waals surface area contributed by atoms with Crippen molar-refractivity contribution in [1.29, 1.82) is 0 Å². The highest BCUT2D eigenvalue weighted by Crippen LogP contribution is 2.22. The lowest BCUT2D eigenvalue weighted by atomic mass is 10.3. The van der Waals surface area contributed by atoms with Crippen molar-refractivity contribution in [3.8, 4) is 0 Å². The molecule has 2 heterocycles. The van der Waals surface area contributed by atoms with Crippen molar-refractivity contribution in [2.24, 2.45) is 19.1 Å². The molecule has 6 heteroatoms. The summed E-state index contributed by atoms with van der Waals surface area (Å²) in [6.07, 6.45) is 1.50. The van der Waals surface area contributed by atoms with E-state index in [1.54, 1.807) is 11.3 Å². The quantitative estimate of drug-likeness (QED) is 0.380. The van der Waals surface area contributed by atoms with E-state index >= 15 is 0 Å². The van der Waals surface area contributed by atoms with Gasteiger partial charge in [-0.3, -0.25) is 0 Å². The Bertz CT molecular complexity index is 1150. The van der Waals surface area contributed by atoms with E-state index in [-0.39, 0.29) is 0 Å². The first kappa shape index (κ1) is 15.2. The number of hydrogen-bond acceptors (Lipinski definition) is 3. The van der Waals surface area contributed by atoms with Crippen LogP contribution in [0.2, 0.25) is 0 Å². The van der Waals surface area contributed by atoms with Crippen molar-refractivity contribution in [2.45, 2.75) is 0 Å². The zero-order chi connectivity index (χ0) is 16.7. The van der Waals surface area contributed by atoms with Gasteiger partial charge < -0.3 is 4.57 Å². The lowest BCUT2D eigenvalue weighted by Gasteiger charge is -1.93. The number of para-hydroxylation sites is 2. The second kappa shape index (κ2) is 5.96. The van der Waals surface area contributed by atoms with Crippen molar-refractivity contribution in [3.63, 3.8) is 0 Å². The Kier molecular flexibility index (Phi) is 3.78. The summed E-state index contributed by atoms with van der Waals surface area (Å²) in [4.78, 5) is 4.82. The first-order chi connectivity index (χ1) is 11.6. The molecule has 2 aromatic heterocycles. The normalized spacial score (nSPS) is 13.3. The molecule has 120 valence electrons. The molecule has 3 nitrogen and oxygen atoms in total. The fourth-order valence-electron chi connectivity index (χ4n) is 2.66. The summed E-state index contributed by atoms with van der Waals surface area (Å²) >= 11 is 3.04. The van der Waals surface area contributed by atoms with Crippen molar-refractivity contribution in [2.75, 3.05) is 0 Å². The number of rotatable bonds is 2. The van der Waals surface area contributed by atoms with E-state index in [9.17, 15) is 4.39 Å². The molecular weight excluding hydrogens is 341 g/mol. The van der Waals surface area contributed by atoms with Gasteiger partial charge in [0.1, 0.15) is 11.7 Å². The van der Waals surface area contributed by atoms with Crippen LogP contribution >= 0.6 is 22.7 Å². The summed E-state index contributed by atoms with van der Waals surface area (Å²) in [6.45, 7) is 0. The molecule has 0 saturated heterocycles. The van der Waals surface area contributed by atoms with Crippen LogP contribution in [-0.4, -0.2) is 4.57 Å². The van der Waals surface area contributed by atoms with Crippen LogP contribution in [0.15, 0.2) is 59.5 Å². The predicted molar refractivity (Wildman–Crippen MR) is 98.4 cm³/mol. The largest absolute Gasteiger partial charge is 0.319 e. The molecule has 24 heavy (non-hydrogen) atoms. The van der Waals surface area contributed by atoms with E-state index in [4.69, 9.17) is 0 Å². The molecule has 0 saturated carbocycles. The van der Waals surface area contributed by atoms with E-state index < -0.39 is 5.95 Å². The Labute approximate surface area is 146 Å². The van der Waals surface area contributed by atoms with Crippen molar-refractivity contribution in [3.05, 3.63) is 64.3 Å². The third-order valence-electron chi connectivity index (χ3n) is 3.93. The van der Waals surface area contributed by atoms with E-state index in [0.717, 1.165) is 25.4 Å². The molecule has 4 aromatic rings. The van der Waals surface area contributed by atoms with Crippen LogP contribution in [0.4, 0.5) is 4.39 Å². The first-order valence-corrected chi connectivity index (χ1v) is 9.11. The Balaban J connectivity index is 1.81. The smallest absolute Gasteiger partial charge is 0.267 e. The molecule has 2 aromatic carbocycles. The molecular formula is C18H15FN3S2+. The molecule has 0 bridgehead atoms. The Morgan fingerprint density at radius 1 is 1.08 bits per heavy atom. The minimum atomic E-state index is -0.487. The van der Waals surface area contributed by atoms with E-state index in [1.807, 2.05) is 71.8 Å². The van der Waals surface area contributed by atoms with Gasteiger partial charge in [-0.05, 0) is 18.2 Å². The van der Waals surface area contributed by atoms with Crippen LogP contribution in [0.3, 0.4) is 0 Å². The third-order valence-corrected chi connectivity index (χ3v) is 6.21. The van der Waals surface area contributed by atoms with Gasteiger partial charge in [0.15, 0.2) is 4.80 Å². The van der Waals surface area contributed by atoms with Crippen molar-refractivity contribution in [1.82, 2.24) is 4.57 Å². The fourth-order valence-corrected chi connectivity index (χ4v) is 4.75. The van der Waals surface area contributed by atoms with Crippen LogP contribution in [0.1, 0.15) is 5.01 Å². The molecule has 4 rings (SSSR count). The summed E-state index contributed by atoms with van der Waals surface area (Å²) in [5, 5.41) is 0.834. The molecule has 0 spiro atoms. The average Bonchev–Trinajstić information content (AvgIpc) is 3.06. The van der Waals surface area contributed by atoms with Gasteiger partial charge >= 0.3 is 0 Å². The monoisotopic (exact) mass is 356 g/mol. The zero-order valence-corrected chi connectivity index (χ0v) is 14.9. The number of hydrogen-bond donors (Lipinski definition) is 0. The number of aryl methyl sites for hydroxylation is 2. The Morgan fingerprint density at radius 2 is 1.79 bits per heavy atom. The molecule has 0 N–H and O–H groups in total. The number of halogens is 1. The molecule has 0 amide bonds. The molecule has 0 radical (unpaired) electrons. The van der Waals surface area contributed by atoms with Gasteiger partial charge in [0.2, 0.25) is 11.5 Å². The van der Waals surface area contributed by atoms with Crippen LogP contribution in [0, 0.1) is 0 Å². The molecule has 0 fully saturated rings. The highest BCUT2D eigenvalue weighted by atomic mass is 32.1. The number of fused-ring (bicyclic) bond motifs is 2. The average molecular weight is 356 g/mol. The van der Waals surface area contributed by atoms with E-state index in [2.05, 4.69) is 4.99 Å². The minimum Gasteiger partial charge on any atom is -0.319 e. The number of benzene rings is 2. The predicted octanol–water partition coefficient (Wildman–Crippen LogP) is 4.15. The first-order valence-electron chi connectivity index (χ1n) is 7.47. The zero-order valence-electron chi connectivity index (χ0n) is 13.2. The summed E-state index contributed by atoms with van der Waals surface area (Å²) in [5.74, 6) is -0.487. The van der Waals surface area contributed by atoms with Crippen LogP contribution in [0.5, 0.6) is 0 Å². The summed E-state index contributed by atoms with van der Waals surface area (Å²) in [6, 6.07) is 16.0. The third kappa shape index (κ3) is 2.57. The Hall–Kier alpha value is -2.31. The standard InChI is InChI=1S/C18H15FN3S2/c1-21-12-7-3-5-9-14(12)23-17(21)11-16(19)20-18-22(2)13-8-4-6-10-15(13)24-18/h3-11H,1-2H3/q+1. The number of nitrogens with zero attached hydrogens (tertiary/aromatic N) is 3. The molecule has 0 aliphatic heterocycles. The van der Waals surface area contributed by atoms with Gasteiger partial charge in [-0.25, -0.2) is 0 Å². The van der Waals surface area contributed by atoms with Crippen LogP contribution < -0.4 is 9.37 Å². The maximum Gasteiger partial charge on any atom is 0.267 e. The van der Waals surface area contributed by atoms with Crippen molar-refractivity contribution >= 4 is 49.2 Å². The second-order valence-corrected chi connectivity index (χ2v) is 7.53. The highest BCUT2D eigenvalue weighted by molar-refractivity contribution is 7.18. The lowest BCUT2D eigenvalue weighted by molar-refractivity contribution is -0.642. The second-order valence-electron chi connectivity index (χ2n) is 5.46. The van der Waals surface area contributed by atoms with Crippen molar-refractivity contribution < 1.29 is 8.96 Å². The lowest BCUT2D eigenvalue weighted by Crippen LogP contribution is -2.28. The van der Waals surface area contributed by atoms with Gasteiger partial charge in [0, 0.05) is 13.1 Å². The van der Waals surface area contributed by atoms with E-state index in [1.165, 1.54) is 17.4 Å². The highest BCUT2D eigenvalue weighted by Gasteiger charge is 2.15. The van der Waals surface area contributed by atoms with Gasteiger partial charge in [0.05, 0.1) is 16.3 Å². The van der Waals surface area contributed by atoms with Gasteiger partial charge in [0.25, 0.3) is 5.01 Å². The SMILES string of the molecule is Cn1/c(=N/C(F)=C/c2sc3ccccc3[n+]2C)sc2ccccc21. The van der Waals surface area contributed by atoms with Gasteiger partial charge in [-0.1, -0.05) is 46.9 Å². The molecule has 0 unspecified atom stereocenters. The molecule has 0 aliphatic rings. The number of aromatic nitrogens is 2. The summed E-state index contributed by atoms with van der Waals surface area (Å²) < 4.78 is 20.6. The fraction of sp³-hybridized carbons (Fsp3) is 0.111. The Morgan fingerprint density at radius 3 is 2.54 bits per heavy atom. The minimum absolute atomic E-state index is 0.487. The van der Waals surface area contributed by atoms with Crippen LogP contribution in [-0.2, 0) is 14.1 Å². The maximum atomic E-state index is 14.5. The van der Waals surface area contributed by atoms with Crippen LogP contribution in [0.25, 0.3) is 26.5 Å². The van der Waals surface area contributed by atoms with Gasteiger partial charge in [-0.15, -0.1) is 0 Å². The maximum absolute atomic E-state index is 14.5. The topological polar surface area (TPSA) is 21.2 Å². The summed E-state index contributed by atoms with van der Waals surface area (Å²) in [5.41, 5.74) is 2.15. The number of thiazole rings is 2. The van der Waals surface area contributed by atoms with E-state index in [0.29, 0.717) is 4.80 Å². The van der Waals surface area contributed by atoms with Gasteiger partial charge in [-0.2, -0.15) is 13.9 Å². The molecule has 0 atom stereocenters. The summed E-state index contributed by atoms with van der Waals surface area (Å²) in [7, 11) is 3.85. The molecule has 0 aliphatic carbocycles.